The molecular formula is C15H30N2O3. The summed E-state index contributed by atoms with van der Waals surface area (Å²) < 4.78 is 11.1. The van der Waals surface area contributed by atoms with Gasteiger partial charge in [-0.25, -0.2) is 0 Å². The SMILES string of the molecule is CCN1CCCN(CC(O)COCC2CCCO2)CC1. The number of hydrogen-bond acceptors (Lipinski definition) is 5. The molecule has 0 amide bonds. The minimum atomic E-state index is -0.385. The summed E-state index contributed by atoms with van der Waals surface area (Å²) in [5.74, 6) is 0. The van der Waals surface area contributed by atoms with Crippen molar-refractivity contribution < 1.29 is 14.6 Å². The number of rotatable bonds is 7. The molecule has 0 aromatic carbocycles. The second-order valence-corrected chi connectivity index (χ2v) is 5.91. The Labute approximate surface area is 122 Å². The lowest BCUT2D eigenvalue weighted by Crippen LogP contribution is -2.38. The van der Waals surface area contributed by atoms with Crippen LogP contribution in [-0.2, 0) is 9.47 Å². The molecule has 2 unspecified atom stereocenters. The van der Waals surface area contributed by atoms with E-state index < -0.39 is 0 Å². The molecule has 2 rings (SSSR count). The van der Waals surface area contributed by atoms with Gasteiger partial charge in [-0.3, -0.25) is 4.90 Å². The summed E-state index contributed by atoms with van der Waals surface area (Å²) in [5, 5.41) is 10.1. The monoisotopic (exact) mass is 286 g/mol. The van der Waals surface area contributed by atoms with Crippen molar-refractivity contribution in [1.29, 1.82) is 0 Å². The van der Waals surface area contributed by atoms with Crippen LogP contribution in [0.1, 0.15) is 26.2 Å². The molecule has 0 saturated carbocycles. The molecule has 0 bridgehead atoms. The number of aliphatic hydroxyl groups excluding tert-OH is 1. The van der Waals surface area contributed by atoms with Crippen molar-refractivity contribution in [3.63, 3.8) is 0 Å². The zero-order valence-corrected chi connectivity index (χ0v) is 12.8. The van der Waals surface area contributed by atoms with Gasteiger partial charge in [-0.05, 0) is 38.9 Å². The van der Waals surface area contributed by atoms with E-state index in [1.807, 2.05) is 0 Å². The van der Waals surface area contributed by atoms with Crippen LogP contribution in [0.5, 0.6) is 0 Å². The van der Waals surface area contributed by atoms with Gasteiger partial charge in [0.05, 0.1) is 25.4 Å². The molecule has 5 heteroatoms. The Morgan fingerprint density at radius 3 is 2.75 bits per heavy atom. The van der Waals surface area contributed by atoms with E-state index in [0.29, 0.717) is 13.2 Å². The van der Waals surface area contributed by atoms with Crippen molar-refractivity contribution in [3.8, 4) is 0 Å². The van der Waals surface area contributed by atoms with Crippen LogP contribution in [0.3, 0.4) is 0 Å². The third-order valence-corrected chi connectivity index (χ3v) is 4.24. The highest BCUT2D eigenvalue weighted by molar-refractivity contribution is 4.72. The molecule has 2 fully saturated rings. The fraction of sp³-hybridized carbons (Fsp3) is 1.00. The molecule has 2 aliphatic heterocycles. The Bertz CT molecular complexity index is 260. The summed E-state index contributed by atoms with van der Waals surface area (Å²) in [6.07, 6.45) is 3.29. The van der Waals surface area contributed by atoms with Crippen LogP contribution in [0.15, 0.2) is 0 Å². The van der Waals surface area contributed by atoms with Gasteiger partial charge < -0.3 is 19.5 Å². The van der Waals surface area contributed by atoms with Gasteiger partial charge >= 0.3 is 0 Å². The van der Waals surface area contributed by atoms with E-state index in [1.165, 1.54) is 13.0 Å². The highest BCUT2D eigenvalue weighted by Gasteiger charge is 2.18. The second kappa shape index (κ2) is 8.95. The number of aliphatic hydroxyl groups is 1. The summed E-state index contributed by atoms with van der Waals surface area (Å²) in [6, 6.07) is 0. The summed E-state index contributed by atoms with van der Waals surface area (Å²) in [5.41, 5.74) is 0. The molecule has 5 nitrogen and oxygen atoms in total. The van der Waals surface area contributed by atoms with Crippen molar-refractivity contribution in [2.45, 2.75) is 38.4 Å². The number of hydrogen-bond donors (Lipinski definition) is 1. The quantitative estimate of drug-likeness (QED) is 0.741. The molecule has 0 aromatic rings. The lowest BCUT2D eigenvalue weighted by molar-refractivity contribution is -0.0248. The normalized spacial score (nSPS) is 27.6. The van der Waals surface area contributed by atoms with Gasteiger partial charge in [-0.1, -0.05) is 6.92 Å². The predicted octanol–water partition coefficient (Wildman–Crippen LogP) is 0.571. The van der Waals surface area contributed by atoms with Crippen LogP contribution in [-0.4, -0.2) is 86.2 Å². The summed E-state index contributed by atoms with van der Waals surface area (Å²) in [4.78, 5) is 4.83. The van der Waals surface area contributed by atoms with Gasteiger partial charge in [0, 0.05) is 26.2 Å². The fourth-order valence-corrected chi connectivity index (χ4v) is 2.99. The summed E-state index contributed by atoms with van der Waals surface area (Å²) in [6.45, 7) is 10.4. The Hall–Kier alpha value is -0.200. The Kier molecular flexibility index (Phi) is 7.24. The molecule has 2 saturated heterocycles. The maximum absolute atomic E-state index is 10.1. The molecule has 0 aliphatic carbocycles. The number of likely N-dealkylation sites (N-methyl/N-ethyl adjacent to an activating group) is 1. The van der Waals surface area contributed by atoms with E-state index in [9.17, 15) is 5.11 Å². The van der Waals surface area contributed by atoms with Gasteiger partial charge in [0.25, 0.3) is 0 Å². The summed E-state index contributed by atoms with van der Waals surface area (Å²) in [7, 11) is 0. The van der Waals surface area contributed by atoms with E-state index in [2.05, 4.69) is 16.7 Å². The van der Waals surface area contributed by atoms with Crippen LogP contribution >= 0.6 is 0 Å². The molecule has 0 aromatic heterocycles. The van der Waals surface area contributed by atoms with Crippen LogP contribution in [0.2, 0.25) is 0 Å². The average Bonchev–Trinajstić information content (AvgIpc) is 2.85. The minimum absolute atomic E-state index is 0.249. The van der Waals surface area contributed by atoms with E-state index in [-0.39, 0.29) is 12.2 Å². The van der Waals surface area contributed by atoms with Crippen molar-refractivity contribution >= 4 is 0 Å². The first-order valence-electron chi connectivity index (χ1n) is 8.10. The van der Waals surface area contributed by atoms with Crippen LogP contribution in [0.25, 0.3) is 0 Å². The van der Waals surface area contributed by atoms with Crippen LogP contribution < -0.4 is 0 Å². The van der Waals surface area contributed by atoms with Crippen molar-refractivity contribution in [2.75, 3.05) is 59.1 Å². The molecule has 2 atom stereocenters. The topological polar surface area (TPSA) is 45.2 Å². The third-order valence-electron chi connectivity index (χ3n) is 4.24. The van der Waals surface area contributed by atoms with E-state index >= 15 is 0 Å². The first kappa shape index (κ1) is 16.2. The van der Waals surface area contributed by atoms with Gasteiger partial charge in [-0.2, -0.15) is 0 Å². The van der Waals surface area contributed by atoms with Crippen molar-refractivity contribution in [1.82, 2.24) is 9.80 Å². The lowest BCUT2D eigenvalue weighted by atomic mass is 10.2. The standard InChI is InChI=1S/C15H30N2O3/c1-2-16-6-4-7-17(9-8-16)11-14(18)12-19-13-15-5-3-10-20-15/h14-15,18H,2-13H2,1H3. The highest BCUT2D eigenvalue weighted by atomic mass is 16.5. The van der Waals surface area contributed by atoms with Gasteiger partial charge in [0.1, 0.15) is 0 Å². The Balaban J connectivity index is 1.57. The zero-order chi connectivity index (χ0) is 14.2. The molecule has 118 valence electrons. The fourth-order valence-electron chi connectivity index (χ4n) is 2.99. The number of β-amino-alcohol motifs (C(OH)–C–C–N with tert-alkyl or cyclic N) is 1. The van der Waals surface area contributed by atoms with E-state index in [1.54, 1.807) is 0 Å². The first-order valence-corrected chi connectivity index (χ1v) is 8.10. The van der Waals surface area contributed by atoms with E-state index in [0.717, 1.165) is 52.2 Å². The molecule has 1 N–H and O–H groups in total. The molecule has 2 heterocycles. The zero-order valence-electron chi connectivity index (χ0n) is 12.8. The van der Waals surface area contributed by atoms with Crippen molar-refractivity contribution in [3.05, 3.63) is 0 Å². The van der Waals surface area contributed by atoms with Gasteiger partial charge in [0.15, 0.2) is 0 Å². The van der Waals surface area contributed by atoms with Gasteiger partial charge in [0.2, 0.25) is 0 Å². The van der Waals surface area contributed by atoms with Crippen molar-refractivity contribution in [2.24, 2.45) is 0 Å². The number of ether oxygens (including phenoxy) is 2. The molecule has 20 heavy (non-hydrogen) atoms. The molecule has 0 radical (unpaired) electrons. The highest BCUT2D eigenvalue weighted by Crippen LogP contribution is 2.12. The van der Waals surface area contributed by atoms with Crippen LogP contribution in [0, 0.1) is 0 Å². The third kappa shape index (κ3) is 5.66. The first-order chi connectivity index (χ1) is 9.78. The van der Waals surface area contributed by atoms with Gasteiger partial charge in [-0.15, -0.1) is 0 Å². The lowest BCUT2D eigenvalue weighted by Gasteiger charge is -2.23. The average molecular weight is 286 g/mol. The second-order valence-electron chi connectivity index (χ2n) is 5.91. The van der Waals surface area contributed by atoms with Crippen LogP contribution in [0.4, 0.5) is 0 Å². The molecule has 0 spiro atoms. The smallest absolute Gasteiger partial charge is 0.0900 e. The summed E-state index contributed by atoms with van der Waals surface area (Å²) >= 11 is 0. The number of nitrogens with zero attached hydrogens (tertiary/aromatic N) is 2. The van der Waals surface area contributed by atoms with E-state index in [4.69, 9.17) is 9.47 Å². The Morgan fingerprint density at radius 1 is 1.20 bits per heavy atom. The predicted molar refractivity (Wildman–Crippen MR) is 79.0 cm³/mol. The maximum atomic E-state index is 10.1. The Morgan fingerprint density at radius 2 is 2.00 bits per heavy atom. The largest absolute Gasteiger partial charge is 0.389 e. The minimum Gasteiger partial charge on any atom is -0.389 e. The molecular weight excluding hydrogens is 256 g/mol. The maximum Gasteiger partial charge on any atom is 0.0900 e. The molecule has 2 aliphatic rings.